The van der Waals surface area contributed by atoms with Crippen LogP contribution in [0.5, 0.6) is 0 Å². The van der Waals surface area contributed by atoms with Gasteiger partial charge in [-0.1, -0.05) is 67.8 Å². The molecule has 0 spiro atoms. The fraction of sp³-hybridized carbons (Fsp3) is 0.480. The maximum Gasteiger partial charge on any atom is 0.243 e. The average molecular weight is 456 g/mol. The van der Waals surface area contributed by atoms with Crippen LogP contribution in [-0.2, 0) is 21.4 Å². The van der Waals surface area contributed by atoms with Gasteiger partial charge in [0.15, 0.2) is 0 Å². The first-order valence-corrected chi connectivity index (χ1v) is 13.1. The number of piperazine rings is 1. The maximum atomic E-state index is 13.5. The van der Waals surface area contributed by atoms with E-state index in [9.17, 15) is 13.2 Å². The van der Waals surface area contributed by atoms with Gasteiger partial charge in [-0.15, -0.1) is 0 Å². The van der Waals surface area contributed by atoms with E-state index in [1.54, 1.807) is 24.3 Å². The average Bonchev–Trinajstić information content (AvgIpc) is 2.84. The molecule has 1 aliphatic carbocycles. The number of carbonyl (C=O) groups is 1. The second kappa shape index (κ2) is 10.6. The highest BCUT2D eigenvalue weighted by Gasteiger charge is 2.35. The third-order valence-corrected chi connectivity index (χ3v) is 8.51. The summed E-state index contributed by atoms with van der Waals surface area (Å²) >= 11 is 0. The number of hydrogen-bond donors (Lipinski definition) is 0. The minimum absolute atomic E-state index is 0.0689. The summed E-state index contributed by atoms with van der Waals surface area (Å²) in [5.74, 6) is -0.0885. The van der Waals surface area contributed by atoms with Crippen molar-refractivity contribution < 1.29 is 13.2 Å². The van der Waals surface area contributed by atoms with Crippen LogP contribution in [0.2, 0.25) is 0 Å². The first-order valence-electron chi connectivity index (χ1n) is 11.6. The third kappa shape index (κ3) is 5.57. The Morgan fingerprint density at radius 1 is 0.844 bits per heavy atom. The molecule has 0 atom stereocenters. The molecular formula is C25H33N3O3S. The first kappa shape index (κ1) is 23.0. The van der Waals surface area contributed by atoms with Crippen molar-refractivity contribution in [2.45, 2.75) is 49.6 Å². The van der Waals surface area contributed by atoms with Gasteiger partial charge < -0.3 is 4.90 Å². The molecule has 2 fully saturated rings. The molecule has 0 N–H and O–H groups in total. The van der Waals surface area contributed by atoms with Crippen molar-refractivity contribution in [3.63, 3.8) is 0 Å². The number of nitrogens with zero attached hydrogens (tertiary/aromatic N) is 3. The van der Waals surface area contributed by atoms with Crippen LogP contribution >= 0.6 is 0 Å². The lowest BCUT2D eigenvalue weighted by Crippen LogP contribution is -2.53. The fourth-order valence-electron chi connectivity index (χ4n) is 4.74. The smallest absolute Gasteiger partial charge is 0.243 e. The summed E-state index contributed by atoms with van der Waals surface area (Å²) in [6, 6.07) is 18.8. The quantitative estimate of drug-likeness (QED) is 0.642. The van der Waals surface area contributed by atoms with E-state index >= 15 is 0 Å². The van der Waals surface area contributed by atoms with E-state index in [1.807, 2.05) is 29.2 Å². The van der Waals surface area contributed by atoms with Crippen LogP contribution < -0.4 is 0 Å². The third-order valence-electron chi connectivity index (χ3n) is 6.60. The molecule has 32 heavy (non-hydrogen) atoms. The van der Waals surface area contributed by atoms with E-state index in [0.717, 1.165) is 51.7 Å². The Kier molecular flexibility index (Phi) is 7.60. The van der Waals surface area contributed by atoms with Gasteiger partial charge in [-0.3, -0.25) is 9.69 Å². The summed E-state index contributed by atoms with van der Waals surface area (Å²) in [4.78, 5) is 17.6. The van der Waals surface area contributed by atoms with Gasteiger partial charge in [-0.25, -0.2) is 8.42 Å². The largest absolute Gasteiger partial charge is 0.339 e. The van der Waals surface area contributed by atoms with E-state index in [-0.39, 0.29) is 23.4 Å². The molecule has 2 aliphatic rings. The monoisotopic (exact) mass is 455 g/mol. The van der Waals surface area contributed by atoms with Crippen molar-refractivity contribution in [1.82, 2.24) is 14.1 Å². The minimum Gasteiger partial charge on any atom is -0.339 e. The Morgan fingerprint density at radius 3 is 2.06 bits per heavy atom. The molecule has 172 valence electrons. The molecule has 7 heteroatoms. The van der Waals surface area contributed by atoms with Crippen molar-refractivity contribution >= 4 is 15.9 Å². The summed E-state index contributed by atoms with van der Waals surface area (Å²) < 4.78 is 28.4. The number of carbonyl (C=O) groups excluding carboxylic acids is 1. The lowest BCUT2D eigenvalue weighted by atomic mass is 9.95. The topological polar surface area (TPSA) is 60.9 Å². The van der Waals surface area contributed by atoms with Gasteiger partial charge >= 0.3 is 0 Å². The predicted octanol–water partition coefficient (Wildman–Crippen LogP) is 3.35. The molecule has 1 heterocycles. The number of amides is 1. The number of hydrogen-bond acceptors (Lipinski definition) is 4. The summed E-state index contributed by atoms with van der Waals surface area (Å²) in [6.45, 7) is 3.68. The Bertz CT molecular complexity index is 968. The predicted molar refractivity (Wildman–Crippen MR) is 126 cm³/mol. The van der Waals surface area contributed by atoms with Gasteiger partial charge in [0.1, 0.15) is 0 Å². The van der Waals surface area contributed by atoms with E-state index in [0.29, 0.717) is 13.1 Å². The highest BCUT2D eigenvalue weighted by Crippen LogP contribution is 2.28. The standard InChI is InChI=1S/C25H33N3O3S/c29-25(27-18-16-26(17-19-27)20-22-10-4-1-5-11-22)21-28(23-12-6-2-7-13-23)32(30,31)24-14-8-3-9-15-24/h1,3-5,8-11,14-15,23H,2,6-7,12-13,16-21H2. The fourth-order valence-corrected chi connectivity index (χ4v) is 6.39. The van der Waals surface area contributed by atoms with Crippen LogP contribution in [0.1, 0.15) is 37.7 Å². The highest BCUT2D eigenvalue weighted by molar-refractivity contribution is 7.89. The van der Waals surface area contributed by atoms with E-state index < -0.39 is 10.0 Å². The van der Waals surface area contributed by atoms with Crippen LogP contribution in [0.25, 0.3) is 0 Å². The zero-order chi connectivity index (χ0) is 22.4. The second-order valence-electron chi connectivity index (χ2n) is 8.80. The van der Waals surface area contributed by atoms with Crippen LogP contribution in [0, 0.1) is 0 Å². The zero-order valence-electron chi connectivity index (χ0n) is 18.6. The summed E-state index contributed by atoms with van der Waals surface area (Å²) in [7, 11) is -3.71. The minimum atomic E-state index is -3.71. The maximum absolute atomic E-state index is 13.5. The molecule has 1 saturated carbocycles. The molecule has 4 rings (SSSR count). The van der Waals surface area contributed by atoms with Crippen LogP contribution in [0.4, 0.5) is 0 Å². The summed E-state index contributed by atoms with van der Waals surface area (Å²) in [5, 5.41) is 0. The number of sulfonamides is 1. The Balaban J connectivity index is 1.41. The number of rotatable bonds is 7. The van der Waals surface area contributed by atoms with E-state index in [1.165, 1.54) is 9.87 Å². The zero-order valence-corrected chi connectivity index (χ0v) is 19.4. The van der Waals surface area contributed by atoms with Crippen molar-refractivity contribution in [2.24, 2.45) is 0 Å². The normalized spacial score (nSPS) is 18.7. The van der Waals surface area contributed by atoms with Gasteiger partial charge in [0.25, 0.3) is 0 Å². The van der Waals surface area contributed by atoms with Gasteiger partial charge in [-0.05, 0) is 30.5 Å². The first-order chi connectivity index (χ1) is 15.5. The van der Waals surface area contributed by atoms with Gasteiger partial charge in [0.05, 0.1) is 11.4 Å². The molecule has 2 aromatic carbocycles. The Morgan fingerprint density at radius 2 is 1.44 bits per heavy atom. The SMILES string of the molecule is O=C(CN(C1CCCCC1)S(=O)(=O)c1ccccc1)N1CCN(Cc2ccccc2)CC1. The van der Waals surface area contributed by atoms with Crippen molar-refractivity contribution in [3.05, 3.63) is 66.2 Å². The van der Waals surface area contributed by atoms with Crippen molar-refractivity contribution in [3.8, 4) is 0 Å². The molecule has 0 aromatic heterocycles. The van der Waals surface area contributed by atoms with Gasteiger partial charge in [0.2, 0.25) is 15.9 Å². The van der Waals surface area contributed by atoms with Crippen LogP contribution in [0.15, 0.2) is 65.6 Å². The number of benzene rings is 2. The molecule has 1 saturated heterocycles. The molecule has 0 radical (unpaired) electrons. The molecule has 1 aliphatic heterocycles. The van der Waals surface area contributed by atoms with E-state index in [4.69, 9.17) is 0 Å². The molecule has 6 nitrogen and oxygen atoms in total. The lowest BCUT2D eigenvalue weighted by Gasteiger charge is -2.37. The molecular weight excluding hydrogens is 422 g/mol. The Hall–Kier alpha value is -2.22. The highest BCUT2D eigenvalue weighted by atomic mass is 32.2. The lowest BCUT2D eigenvalue weighted by molar-refractivity contribution is -0.133. The van der Waals surface area contributed by atoms with Gasteiger partial charge in [0, 0.05) is 38.8 Å². The Labute approximate surface area is 191 Å². The second-order valence-corrected chi connectivity index (χ2v) is 10.7. The molecule has 2 aromatic rings. The van der Waals surface area contributed by atoms with Crippen LogP contribution in [-0.4, -0.2) is 67.2 Å². The summed E-state index contributed by atoms with van der Waals surface area (Å²) in [5.41, 5.74) is 1.27. The van der Waals surface area contributed by atoms with Gasteiger partial charge in [-0.2, -0.15) is 4.31 Å². The molecule has 1 amide bonds. The van der Waals surface area contributed by atoms with Crippen LogP contribution in [0.3, 0.4) is 0 Å². The molecule has 0 bridgehead atoms. The molecule has 0 unspecified atom stereocenters. The van der Waals surface area contributed by atoms with E-state index in [2.05, 4.69) is 17.0 Å². The van der Waals surface area contributed by atoms with Crippen molar-refractivity contribution in [2.75, 3.05) is 32.7 Å². The summed E-state index contributed by atoms with van der Waals surface area (Å²) in [6.07, 6.45) is 4.80. The van der Waals surface area contributed by atoms with Crippen molar-refractivity contribution in [1.29, 1.82) is 0 Å².